The van der Waals surface area contributed by atoms with Crippen molar-refractivity contribution >= 4 is 0 Å². The molecule has 0 aliphatic rings. The number of hydrogen-bond donors (Lipinski definition) is 2. The van der Waals surface area contributed by atoms with E-state index in [1.54, 1.807) is 0 Å². The number of hydrogen-bond acceptors (Lipinski definition) is 2. The lowest BCUT2D eigenvalue weighted by atomic mass is 10.3. The lowest BCUT2D eigenvalue weighted by Crippen LogP contribution is -2.37. The number of aliphatic hydroxyl groups is 1. The van der Waals surface area contributed by atoms with Gasteiger partial charge in [-0.2, -0.15) is 0 Å². The minimum atomic E-state index is -3.31. The molecule has 6 heteroatoms. The summed E-state index contributed by atoms with van der Waals surface area (Å²) in [6.45, 7) is -3.04. The molecule has 11 heavy (non-hydrogen) atoms. The normalized spacial score (nSPS) is 12.5. The maximum absolute atomic E-state index is 12.0. The van der Waals surface area contributed by atoms with Crippen molar-refractivity contribution in [2.75, 3.05) is 19.7 Å². The van der Waals surface area contributed by atoms with Gasteiger partial charge in [0.05, 0.1) is 13.1 Å². The second kappa shape index (κ2) is 4.50. The van der Waals surface area contributed by atoms with Gasteiger partial charge in [-0.3, -0.25) is 0 Å². The predicted octanol–water partition coefficient (Wildman–Crippen LogP) is 0.469. The van der Waals surface area contributed by atoms with Crippen LogP contribution in [0.2, 0.25) is 0 Å². The Bertz CT molecular complexity index is 109. The molecule has 0 aromatic heterocycles. The fraction of sp³-hybridized carbons (Fsp3) is 1.00. The molecule has 0 bridgehead atoms. The fourth-order valence-corrected chi connectivity index (χ4v) is 0.420. The molecule has 0 aromatic rings. The molecule has 0 aliphatic carbocycles. The molecule has 0 saturated heterocycles. The largest absolute Gasteiger partial charge is 0.390 e. The summed E-state index contributed by atoms with van der Waals surface area (Å²) in [5.74, 6) is -3.31. The SMILES string of the molecule is OCC(F)(F)CNCC(F)F. The van der Waals surface area contributed by atoms with E-state index in [0.717, 1.165) is 0 Å². The second-order valence-corrected chi connectivity index (χ2v) is 2.04. The Morgan fingerprint density at radius 2 is 1.91 bits per heavy atom. The molecular formula is C5H9F4NO. The number of rotatable bonds is 5. The summed E-state index contributed by atoms with van der Waals surface area (Å²) >= 11 is 0. The van der Waals surface area contributed by atoms with Crippen molar-refractivity contribution in [2.45, 2.75) is 12.3 Å². The number of aliphatic hydroxyl groups excluding tert-OH is 1. The highest BCUT2D eigenvalue weighted by Gasteiger charge is 2.27. The van der Waals surface area contributed by atoms with Gasteiger partial charge >= 0.3 is 0 Å². The minimum absolute atomic E-state index is 0.782. The van der Waals surface area contributed by atoms with Crippen molar-refractivity contribution in [3.05, 3.63) is 0 Å². The van der Waals surface area contributed by atoms with Crippen LogP contribution in [-0.2, 0) is 0 Å². The summed E-state index contributed by atoms with van der Waals surface area (Å²) in [6.07, 6.45) is -2.65. The van der Waals surface area contributed by atoms with E-state index in [2.05, 4.69) is 0 Å². The molecule has 0 saturated carbocycles. The molecule has 0 spiro atoms. The maximum atomic E-state index is 12.0. The van der Waals surface area contributed by atoms with E-state index in [9.17, 15) is 17.6 Å². The first-order valence-electron chi connectivity index (χ1n) is 2.95. The summed E-state index contributed by atoms with van der Waals surface area (Å²) in [7, 11) is 0. The third-order valence-corrected chi connectivity index (χ3v) is 0.914. The van der Waals surface area contributed by atoms with Gasteiger partial charge in [0.1, 0.15) is 6.61 Å². The summed E-state index contributed by atoms with van der Waals surface area (Å²) in [5.41, 5.74) is 0. The van der Waals surface area contributed by atoms with Crippen LogP contribution >= 0.6 is 0 Å². The Kier molecular flexibility index (Phi) is 4.36. The van der Waals surface area contributed by atoms with Crippen LogP contribution in [0.25, 0.3) is 0 Å². The van der Waals surface area contributed by atoms with Crippen molar-refractivity contribution in [3.8, 4) is 0 Å². The van der Waals surface area contributed by atoms with Gasteiger partial charge in [-0.15, -0.1) is 0 Å². The van der Waals surface area contributed by atoms with Crippen LogP contribution in [0.4, 0.5) is 17.6 Å². The molecule has 0 radical (unpaired) electrons. The average Bonchev–Trinajstić information content (AvgIpc) is 1.87. The van der Waals surface area contributed by atoms with Crippen molar-refractivity contribution in [1.29, 1.82) is 0 Å². The van der Waals surface area contributed by atoms with Gasteiger partial charge < -0.3 is 10.4 Å². The molecule has 2 nitrogen and oxygen atoms in total. The summed E-state index contributed by atoms with van der Waals surface area (Å²) in [5, 5.41) is 9.80. The predicted molar refractivity (Wildman–Crippen MR) is 30.9 cm³/mol. The van der Waals surface area contributed by atoms with Crippen LogP contribution in [-0.4, -0.2) is 37.2 Å². The van der Waals surface area contributed by atoms with Gasteiger partial charge in [0, 0.05) is 0 Å². The number of nitrogens with one attached hydrogen (secondary N) is 1. The van der Waals surface area contributed by atoms with Crippen molar-refractivity contribution < 1.29 is 22.7 Å². The van der Waals surface area contributed by atoms with Gasteiger partial charge in [-0.05, 0) is 0 Å². The van der Waals surface area contributed by atoms with E-state index in [1.807, 2.05) is 5.32 Å². The van der Waals surface area contributed by atoms with Crippen LogP contribution < -0.4 is 5.32 Å². The monoisotopic (exact) mass is 175 g/mol. The summed E-state index contributed by atoms with van der Waals surface area (Å²) < 4.78 is 46.8. The third-order valence-electron chi connectivity index (χ3n) is 0.914. The summed E-state index contributed by atoms with van der Waals surface area (Å²) in [4.78, 5) is 0. The van der Waals surface area contributed by atoms with E-state index in [4.69, 9.17) is 5.11 Å². The first-order chi connectivity index (χ1) is 4.98. The lowest BCUT2D eigenvalue weighted by Gasteiger charge is -2.13. The maximum Gasteiger partial charge on any atom is 0.282 e. The Balaban J connectivity index is 3.38. The Labute approximate surface area is 61.2 Å². The van der Waals surface area contributed by atoms with E-state index >= 15 is 0 Å². The Morgan fingerprint density at radius 1 is 1.36 bits per heavy atom. The summed E-state index contributed by atoms with van der Waals surface area (Å²) in [6, 6.07) is 0. The quantitative estimate of drug-likeness (QED) is 0.595. The zero-order valence-electron chi connectivity index (χ0n) is 5.66. The first kappa shape index (κ1) is 10.6. The second-order valence-electron chi connectivity index (χ2n) is 2.04. The Hall–Kier alpha value is -0.360. The Morgan fingerprint density at radius 3 is 2.27 bits per heavy atom. The van der Waals surface area contributed by atoms with Gasteiger partial charge in [0.15, 0.2) is 0 Å². The van der Waals surface area contributed by atoms with Crippen LogP contribution in [0.5, 0.6) is 0 Å². The molecule has 0 heterocycles. The molecular weight excluding hydrogens is 166 g/mol. The molecule has 0 amide bonds. The third kappa shape index (κ3) is 6.05. The molecule has 68 valence electrons. The molecule has 0 aliphatic heterocycles. The molecule has 2 N–H and O–H groups in total. The standard InChI is InChI=1S/C5H9F4NO/c6-4(7)1-10-2-5(8,9)3-11/h4,10-11H,1-3H2. The van der Waals surface area contributed by atoms with Crippen LogP contribution in [0.3, 0.4) is 0 Å². The highest BCUT2D eigenvalue weighted by Crippen LogP contribution is 2.09. The number of halogens is 4. The molecule has 0 unspecified atom stereocenters. The van der Waals surface area contributed by atoms with Crippen LogP contribution in [0.1, 0.15) is 0 Å². The van der Waals surface area contributed by atoms with Crippen LogP contribution in [0.15, 0.2) is 0 Å². The van der Waals surface area contributed by atoms with Gasteiger partial charge in [0.2, 0.25) is 0 Å². The fourth-order valence-electron chi connectivity index (χ4n) is 0.420. The van der Waals surface area contributed by atoms with E-state index < -0.39 is 32.0 Å². The average molecular weight is 175 g/mol. The first-order valence-corrected chi connectivity index (χ1v) is 2.95. The highest BCUT2D eigenvalue weighted by molar-refractivity contribution is 4.67. The van der Waals surface area contributed by atoms with Crippen molar-refractivity contribution in [3.63, 3.8) is 0 Å². The van der Waals surface area contributed by atoms with Gasteiger partial charge in [-0.1, -0.05) is 0 Å². The van der Waals surface area contributed by atoms with Crippen molar-refractivity contribution in [2.24, 2.45) is 0 Å². The minimum Gasteiger partial charge on any atom is -0.390 e. The number of alkyl halides is 4. The molecule has 0 fully saturated rings. The van der Waals surface area contributed by atoms with E-state index in [0.29, 0.717) is 0 Å². The zero-order chi connectivity index (χ0) is 8.91. The highest BCUT2D eigenvalue weighted by atomic mass is 19.3. The molecule has 0 rings (SSSR count). The lowest BCUT2D eigenvalue weighted by molar-refractivity contribution is -0.0493. The van der Waals surface area contributed by atoms with E-state index in [1.165, 1.54) is 0 Å². The zero-order valence-corrected chi connectivity index (χ0v) is 5.66. The molecule has 0 aromatic carbocycles. The van der Waals surface area contributed by atoms with Crippen molar-refractivity contribution in [1.82, 2.24) is 5.32 Å². The van der Waals surface area contributed by atoms with E-state index in [-0.39, 0.29) is 0 Å². The molecule has 0 atom stereocenters. The van der Waals surface area contributed by atoms with Gasteiger partial charge in [0.25, 0.3) is 12.3 Å². The van der Waals surface area contributed by atoms with Crippen LogP contribution in [0, 0.1) is 0 Å². The smallest absolute Gasteiger partial charge is 0.282 e. The topological polar surface area (TPSA) is 32.3 Å². The van der Waals surface area contributed by atoms with Gasteiger partial charge in [-0.25, -0.2) is 17.6 Å².